The summed E-state index contributed by atoms with van der Waals surface area (Å²) < 4.78 is 31.9. The summed E-state index contributed by atoms with van der Waals surface area (Å²) in [5.41, 5.74) is 1.28. The van der Waals surface area contributed by atoms with Gasteiger partial charge in [0, 0.05) is 13.0 Å². The van der Waals surface area contributed by atoms with E-state index < -0.39 is 10.0 Å². The molecule has 0 saturated heterocycles. The highest BCUT2D eigenvalue weighted by Gasteiger charge is 2.39. The molecule has 24 heavy (non-hydrogen) atoms. The molecule has 1 heterocycles. The van der Waals surface area contributed by atoms with Gasteiger partial charge in [-0.3, -0.25) is 0 Å². The third-order valence-corrected chi connectivity index (χ3v) is 5.81. The molecule has 1 fully saturated rings. The Hall–Kier alpha value is -1.73. The fourth-order valence-electron chi connectivity index (χ4n) is 2.93. The number of hydrogen-bond acceptors (Lipinski definition) is 5. The van der Waals surface area contributed by atoms with Crippen molar-refractivity contribution in [3.8, 4) is 0 Å². The Labute approximate surface area is 142 Å². The molecule has 2 atom stereocenters. The van der Waals surface area contributed by atoms with Crippen molar-refractivity contribution in [1.29, 1.82) is 0 Å². The average Bonchev–Trinajstić information content (AvgIpc) is 3.10. The Morgan fingerprint density at radius 1 is 1.25 bits per heavy atom. The van der Waals surface area contributed by atoms with Gasteiger partial charge in [0.15, 0.2) is 5.82 Å². The topological polar surface area (TPSA) is 85.1 Å². The van der Waals surface area contributed by atoms with Gasteiger partial charge in [0.2, 0.25) is 15.9 Å². The fraction of sp³-hybridized carbons (Fsp3) is 0.529. The van der Waals surface area contributed by atoms with Crippen molar-refractivity contribution >= 4 is 10.0 Å². The minimum atomic E-state index is -3.21. The predicted molar refractivity (Wildman–Crippen MR) is 90.9 cm³/mol. The summed E-state index contributed by atoms with van der Waals surface area (Å²) in [7, 11) is -3.21. The molecule has 0 spiro atoms. The van der Waals surface area contributed by atoms with Crippen LogP contribution in [0.4, 0.5) is 0 Å². The molecule has 0 amide bonds. The van der Waals surface area contributed by atoms with E-state index in [1.807, 2.05) is 18.2 Å². The molecule has 0 aliphatic heterocycles. The van der Waals surface area contributed by atoms with E-state index in [1.54, 1.807) is 6.92 Å². The summed E-state index contributed by atoms with van der Waals surface area (Å²) in [6, 6.07) is 10.2. The number of hydrogen-bond donors (Lipinski definition) is 1. The van der Waals surface area contributed by atoms with Crippen LogP contribution in [0.25, 0.3) is 0 Å². The summed E-state index contributed by atoms with van der Waals surface area (Å²) in [6.07, 6.45) is 3.21. The molecule has 2 unspecified atom stereocenters. The molecule has 130 valence electrons. The third-order valence-electron chi connectivity index (χ3n) is 4.30. The summed E-state index contributed by atoms with van der Waals surface area (Å²) in [5.74, 6) is 2.15. The summed E-state index contributed by atoms with van der Waals surface area (Å²) >= 11 is 0. The number of aryl methyl sites for hydroxylation is 2. The fourth-order valence-corrected chi connectivity index (χ4v) is 4.48. The van der Waals surface area contributed by atoms with Gasteiger partial charge in [0.25, 0.3) is 0 Å². The van der Waals surface area contributed by atoms with Crippen LogP contribution in [0.1, 0.15) is 30.1 Å². The van der Waals surface area contributed by atoms with Crippen molar-refractivity contribution in [2.45, 2.75) is 32.6 Å². The van der Waals surface area contributed by atoms with Gasteiger partial charge in [-0.2, -0.15) is 4.98 Å². The van der Waals surface area contributed by atoms with Crippen LogP contribution in [-0.4, -0.2) is 30.9 Å². The first-order valence-corrected chi connectivity index (χ1v) is 9.97. The number of benzene rings is 1. The van der Waals surface area contributed by atoms with Gasteiger partial charge >= 0.3 is 0 Å². The van der Waals surface area contributed by atoms with Crippen LogP contribution in [0, 0.1) is 18.8 Å². The summed E-state index contributed by atoms with van der Waals surface area (Å²) in [6.45, 7) is 2.16. The second-order valence-electron chi connectivity index (χ2n) is 6.46. The highest BCUT2D eigenvalue weighted by molar-refractivity contribution is 7.89. The van der Waals surface area contributed by atoms with Gasteiger partial charge in [-0.1, -0.05) is 35.5 Å². The van der Waals surface area contributed by atoms with Crippen LogP contribution in [0.15, 0.2) is 34.9 Å². The first-order chi connectivity index (χ1) is 11.5. The molecule has 1 aromatic carbocycles. The zero-order valence-corrected chi connectivity index (χ0v) is 14.6. The largest absolute Gasteiger partial charge is 0.339 e. The average molecular weight is 349 g/mol. The van der Waals surface area contributed by atoms with Crippen LogP contribution in [0.5, 0.6) is 0 Å². The first-order valence-electron chi connectivity index (χ1n) is 8.32. The van der Waals surface area contributed by atoms with Gasteiger partial charge < -0.3 is 4.52 Å². The Morgan fingerprint density at radius 3 is 2.75 bits per heavy atom. The lowest BCUT2D eigenvalue weighted by Crippen LogP contribution is -2.28. The van der Waals surface area contributed by atoms with Gasteiger partial charge in [0.1, 0.15) is 0 Å². The van der Waals surface area contributed by atoms with Crippen LogP contribution in [-0.2, 0) is 22.9 Å². The molecule has 1 aliphatic carbocycles. The number of nitrogens with zero attached hydrogens (tertiary/aromatic N) is 2. The summed E-state index contributed by atoms with van der Waals surface area (Å²) in [5, 5.41) is 3.71. The molecule has 1 saturated carbocycles. The van der Waals surface area contributed by atoms with E-state index in [4.69, 9.17) is 4.52 Å². The van der Waals surface area contributed by atoms with E-state index in [0.29, 0.717) is 37.0 Å². The molecular formula is C17H23N3O3S. The van der Waals surface area contributed by atoms with Crippen molar-refractivity contribution in [3.63, 3.8) is 0 Å². The molecule has 0 radical (unpaired) electrons. The van der Waals surface area contributed by atoms with Gasteiger partial charge in [-0.05, 0) is 43.6 Å². The van der Waals surface area contributed by atoms with Gasteiger partial charge in [-0.15, -0.1) is 0 Å². The zero-order chi connectivity index (χ0) is 17.0. The lowest BCUT2D eigenvalue weighted by Gasteiger charge is -2.06. The van der Waals surface area contributed by atoms with Crippen LogP contribution in [0.2, 0.25) is 0 Å². The normalized spacial score (nSPS) is 20.2. The van der Waals surface area contributed by atoms with E-state index in [0.717, 1.165) is 12.8 Å². The lowest BCUT2D eigenvalue weighted by molar-refractivity contribution is 0.372. The maximum absolute atomic E-state index is 12.1. The van der Waals surface area contributed by atoms with Crippen LogP contribution in [0.3, 0.4) is 0 Å². The van der Waals surface area contributed by atoms with Crippen LogP contribution >= 0.6 is 0 Å². The molecular weight excluding hydrogens is 326 g/mol. The Morgan fingerprint density at radius 2 is 2.04 bits per heavy atom. The molecule has 0 bridgehead atoms. The maximum atomic E-state index is 12.1. The number of sulfonamides is 1. The maximum Gasteiger partial charge on any atom is 0.226 e. The minimum Gasteiger partial charge on any atom is -0.339 e. The smallest absolute Gasteiger partial charge is 0.226 e. The highest BCUT2D eigenvalue weighted by atomic mass is 32.2. The number of aromatic nitrogens is 2. The lowest BCUT2D eigenvalue weighted by atomic mass is 10.1. The van der Waals surface area contributed by atoms with E-state index in [-0.39, 0.29) is 11.7 Å². The van der Waals surface area contributed by atoms with E-state index in [1.165, 1.54) is 5.56 Å². The molecule has 7 heteroatoms. The van der Waals surface area contributed by atoms with Crippen LogP contribution < -0.4 is 4.72 Å². The zero-order valence-electron chi connectivity index (χ0n) is 13.8. The van der Waals surface area contributed by atoms with E-state index in [2.05, 4.69) is 27.0 Å². The molecule has 1 aromatic heterocycles. The minimum absolute atomic E-state index is 0.226. The molecule has 3 rings (SSSR count). The third kappa shape index (κ3) is 5.14. The molecule has 1 N–H and O–H groups in total. The monoisotopic (exact) mass is 349 g/mol. The Bertz CT molecular complexity index is 758. The van der Waals surface area contributed by atoms with Crippen molar-refractivity contribution in [2.75, 3.05) is 12.3 Å². The first kappa shape index (κ1) is 17.1. The predicted octanol–water partition coefficient (Wildman–Crippen LogP) is 2.11. The van der Waals surface area contributed by atoms with Crippen molar-refractivity contribution in [3.05, 3.63) is 47.6 Å². The molecule has 6 nitrogen and oxygen atoms in total. The Balaban J connectivity index is 1.36. The standard InChI is InChI=1S/C17H23N3O3S/c1-13-19-17(23-20-13)8-5-9-18-24(21,22)12-16-11-15(16)10-14-6-3-2-4-7-14/h2-4,6-7,15-16,18H,5,8-12H2,1H3. The second-order valence-corrected chi connectivity index (χ2v) is 8.31. The van der Waals surface area contributed by atoms with Gasteiger partial charge in [0.05, 0.1) is 5.75 Å². The summed E-state index contributed by atoms with van der Waals surface area (Å²) in [4.78, 5) is 4.10. The quantitative estimate of drug-likeness (QED) is 0.701. The van der Waals surface area contributed by atoms with Gasteiger partial charge in [-0.25, -0.2) is 13.1 Å². The molecule has 1 aliphatic rings. The Kier molecular flexibility index (Phi) is 5.30. The van der Waals surface area contributed by atoms with E-state index >= 15 is 0 Å². The number of nitrogens with one attached hydrogen (secondary N) is 1. The highest BCUT2D eigenvalue weighted by Crippen LogP contribution is 2.41. The SMILES string of the molecule is Cc1noc(CCCNS(=O)(=O)CC2CC2Cc2ccccc2)n1. The van der Waals surface area contributed by atoms with Crippen molar-refractivity contribution in [2.24, 2.45) is 11.8 Å². The number of rotatable bonds is 9. The van der Waals surface area contributed by atoms with Crippen molar-refractivity contribution in [1.82, 2.24) is 14.9 Å². The molecule has 2 aromatic rings. The van der Waals surface area contributed by atoms with E-state index in [9.17, 15) is 8.42 Å². The van der Waals surface area contributed by atoms with Crippen molar-refractivity contribution < 1.29 is 12.9 Å². The second kappa shape index (κ2) is 7.44.